The van der Waals surface area contributed by atoms with Crippen molar-refractivity contribution in [3.63, 3.8) is 0 Å². The quantitative estimate of drug-likeness (QED) is 0.385. The van der Waals surface area contributed by atoms with Gasteiger partial charge >= 0.3 is 0 Å². The van der Waals surface area contributed by atoms with Gasteiger partial charge in [-0.05, 0) is 43.2 Å². The summed E-state index contributed by atoms with van der Waals surface area (Å²) in [6.45, 7) is 3.98. The minimum Gasteiger partial charge on any atom is -0.494 e. The van der Waals surface area contributed by atoms with E-state index in [1.165, 1.54) is 14.2 Å². The van der Waals surface area contributed by atoms with Crippen molar-refractivity contribution in [2.45, 2.75) is 20.4 Å². The van der Waals surface area contributed by atoms with Crippen LogP contribution in [0.2, 0.25) is 0 Å². The highest BCUT2D eigenvalue weighted by Gasteiger charge is 2.25. The van der Waals surface area contributed by atoms with Gasteiger partial charge in [0, 0.05) is 24.2 Å². The summed E-state index contributed by atoms with van der Waals surface area (Å²) in [7, 11) is -0.761. The van der Waals surface area contributed by atoms with Gasteiger partial charge < -0.3 is 9.47 Å². The number of anilines is 1. The van der Waals surface area contributed by atoms with Crippen molar-refractivity contribution < 1.29 is 17.9 Å². The fourth-order valence-corrected chi connectivity index (χ4v) is 4.41. The van der Waals surface area contributed by atoms with Crippen LogP contribution in [0, 0.1) is 13.8 Å². The molecule has 0 unspecified atom stereocenters. The normalized spacial score (nSPS) is 11.4. The maximum atomic E-state index is 13.0. The van der Waals surface area contributed by atoms with Gasteiger partial charge in [-0.15, -0.1) is 10.2 Å². The molecular weight excluding hydrogens is 458 g/mol. The molecule has 4 aromatic rings. The topological polar surface area (TPSA) is 126 Å². The van der Waals surface area contributed by atoms with Crippen LogP contribution < -0.4 is 14.2 Å². The highest BCUT2D eigenvalue weighted by molar-refractivity contribution is 7.92. The van der Waals surface area contributed by atoms with Crippen molar-refractivity contribution in [2.24, 2.45) is 0 Å². The van der Waals surface area contributed by atoms with E-state index in [4.69, 9.17) is 9.47 Å². The Morgan fingerprint density at radius 2 is 1.74 bits per heavy atom. The Kier molecular flexibility index (Phi) is 6.50. The van der Waals surface area contributed by atoms with Gasteiger partial charge in [0.15, 0.2) is 5.82 Å². The Morgan fingerprint density at radius 3 is 2.35 bits per heavy atom. The van der Waals surface area contributed by atoms with Gasteiger partial charge in [-0.2, -0.15) is 5.10 Å². The number of ether oxygens (including phenoxy) is 2. The molecular formula is C22H25N7O4S. The molecule has 0 saturated heterocycles. The molecule has 0 amide bonds. The lowest BCUT2D eigenvalue weighted by Crippen LogP contribution is -2.22. The molecule has 12 heteroatoms. The minimum atomic E-state index is -3.80. The Hall–Kier alpha value is -3.93. The van der Waals surface area contributed by atoms with Gasteiger partial charge in [0.05, 0.1) is 32.7 Å². The van der Waals surface area contributed by atoms with E-state index in [2.05, 4.69) is 25.0 Å². The second-order valence-corrected chi connectivity index (χ2v) is 9.49. The molecule has 0 aliphatic heterocycles. The summed E-state index contributed by atoms with van der Waals surface area (Å²) >= 11 is 0. The van der Waals surface area contributed by atoms with Crippen molar-refractivity contribution in [1.82, 2.24) is 29.5 Å². The lowest BCUT2D eigenvalue weighted by molar-refractivity contribution is 0.391. The van der Waals surface area contributed by atoms with Crippen molar-refractivity contribution in [1.29, 1.82) is 0 Å². The van der Waals surface area contributed by atoms with Crippen LogP contribution in [0.15, 0.2) is 49.1 Å². The predicted octanol–water partition coefficient (Wildman–Crippen LogP) is 2.60. The van der Waals surface area contributed by atoms with Gasteiger partial charge in [-0.3, -0.25) is 19.0 Å². The van der Waals surface area contributed by atoms with Crippen LogP contribution in [0.3, 0.4) is 0 Å². The Morgan fingerprint density at radius 1 is 1.00 bits per heavy atom. The van der Waals surface area contributed by atoms with Gasteiger partial charge in [0.2, 0.25) is 16.0 Å². The lowest BCUT2D eigenvalue weighted by Gasteiger charge is -2.17. The first-order chi connectivity index (χ1) is 16.3. The zero-order valence-corrected chi connectivity index (χ0v) is 20.1. The Balaban J connectivity index is 1.80. The van der Waals surface area contributed by atoms with E-state index in [0.29, 0.717) is 28.6 Å². The van der Waals surface area contributed by atoms with Crippen molar-refractivity contribution >= 4 is 16.0 Å². The fraction of sp³-hybridized carbons (Fsp3) is 0.273. The molecule has 0 radical (unpaired) electrons. The molecule has 0 saturated carbocycles. The summed E-state index contributed by atoms with van der Waals surface area (Å²) in [5.74, 6) is 1.07. The van der Waals surface area contributed by atoms with Gasteiger partial charge in [-0.1, -0.05) is 6.07 Å². The highest BCUT2D eigenvalue weighted by atomic mass is 32.2. The average molecular weight is 484 g/mol. The third-order valence-corrected chi connectivity index (χ3v) is 6.23. The molecule has 3 heterocycles. The number of aryl methyl sites for hydroxylation is 3. The van der Waals surface area contributed by atoms with Crippen LogP contribution >= 0.6 is 0 Å². The SMILES string of the molecule is COc1cccc(OC)c1-n1c(NS(=O)(=O)CCn2cc(C)cn2)nnc1-c1cncc(C)c1. The fourth-order valence-electron chi connectivity index (χ4n) is 3.47. The maximum absolute atomic E-state index is 13.0. The zero-order valence-electron chi connectivity index (χ0n) is 19.3. The molecule has 1 aromatic carbocycles. The van der Waals surface area contributed by atoms with Crippen LogP contribution in [0.25, 0.3) is 17.1 Å². The molecule has 178 valence electrons. The second-order valence-electron chi connectivity index (χ2n) is 7.65. The van der Waals surface area contributed by atoms with Crippen LogP contribution in [0.4, 0.5) is 5.95 Å². The molecule has 1 N–H and O–H groups in total. The summed E-state index contributed by atoms with van der Waals surface area (Å²) in [5.41, 5.74) is 2.97. The van der Waals surface area contributed by atoms with Crippen LogP contribution in [-0.4, -0.2) is 57.9 Å². The van der Waals surface area contributed by atoms with E-state index in [-0.39, 0.29) is 18.2 Å². The molecule has 0 fully saturated rings. The molecule has 0 aliphatic carbocycles. The Labute approximate surface area is 197 Å². The maximum Gasteiger partial charge on any atom is 0.243 e. The first-order valence-electron chi connectivity index (χ1n) is 10.4. The lowest BCUT2D eigenvalue weighted by atomic mass is 10.2. The van der Waals surface area contributed by atoms with Crippen molar-refractivity contribution in [3.8, 4) is 28.6 Å². The molecule has 0 aliphatic rings. The Bertz CT molecular complexity index is 1390. The number of para-hydroxylation sites is 1. The van der Waals surface area contributed by atoms with E-state index in [0.717, 1.165) is 11.1 Å². The van der Waals surface area contributed by atoms with E-state index in [1.54, 1.807) is 52.2 Å². The summed E-state index contributed by atoms with van der Waals surface area (Å²) in [6, 6.07) is 7.14. The number of methoxy groups -OCH3 is 2. The predicted molar refractivity (Wildman–Crippen MR) is 127 cm³/mol. The number of benzene rings is 1. The summed E-state index contributed by atoms with van der Waals surface area (Å²) < 4.78 is 42.7. The largest absolute Gasteiger partial charge is 0.494 e. The van der Waals surface area contributed by atoms with E-state index >= 15 is 0 Å². The second kappa shape index (κ2) is 9.51. The first kappa shape index (κ1) is 23.2. The number of rotatable bonds is 9. The number of hydrogen-bond acceptors (Lipinski definition) is 8. The van der Waals surface area contributed by atoms with Gasteiger partial charge in [-0.25, -0.2) is 8.42 Å². The summed E-state index contributed by atoms with van der Waals surface area (Å²) in [5, 5.41) is 12.6. The van der Waals surface area contributed by atoms with Crippen LogP contribution in [0.1, 0.15) is 11.1 Å². The molecule has 0 bridgehead atoms. The smallest absolute Gasteiger partial charge is 0.243 e. The number of nitrogens with zero attached hydrogens (tertiary/aromatic N) is 6. The van der Waals surface area contributed by atoms with Crippen LogP contribution in [-0.2, 0) is 16.6 Å². The molecule has 0 spiro atoms. The van der Waals surface area contributed by atoms with E-state index in [9.17, 15) is 8.42 Å². The van der Waals surface area contributed by atoms with Gasteiger partial charge in [0.1, 0.15) is 17.2 Å². The molecule has 3 aromatic heterocycles. The standard InChI is InChI=1S/C22H25N7O4S/c1-15-10-17(13-23-11-15)21-25-26-22(27-34(30,31)9-8-28-14-16(2)12-24-28)29(21)20-18(32-3)6-5-7-19(20)33-4/h5-7,10-14H,8-9H2,1-4H3,(H,26,27). The zero-order chi connectivity index (χ0) is 24.3. The minimum absolute atomic E-state index is 0.00375. The van der Waals surface area contributed by atoms with Crippen LogP contribution in [0.5, 0.6) is 11.5 Å². The number of sulfonamides is 1. The number of hydrogen-bond donors (Lipinski definition) is 1. The number of pyridine rings is 1. The van der Waals surface area contributed by atoms with E-state index < -0.39 is 10.0 Å². The van der Waals surface area contributed by atoms with E-state index in [1.807, 2.05) is 19.9 Å². The van der Waals surface area contributed by atoms with Gasteiger partial charge in [0.25, 0.3) is 0 Å². The first-order valence-corrected chi connectivity index (χ1v) is 12.0. The third-order valence-electron chi connectivity index (χ3n) is 5.02. The molecule has 4 rings (SSSR count). The third kappa shape index (κ3) is 4.86. The summed E-state index contributed by atoms with van der Waals surface area (Å²) in [4.78, 5) is 4.24. The molecule has 11 nitrogen and oxygen atoms in total. The number of aromatic nitrogens is 6. The van der Waals surface area contributed by atoms with Crippen molar-refractivity contribution in [3.05, 3.63) is 60.2 Å². The summed E-state index contributed by atoms with van der Waals surface area (Å²) in [6.07, 6.45) is 6.80. The van der Waals surface area contributed by atoms with Crippen molar-refractivity contribution in [2.75, 3.05) is 24.7 Å². The molecule has 0 atom stereocenters. The monoisotopic (exact) mass is 483 g/mol. The highest BCUT2D eigenvalue weighted by Crippen LogP contribution is 2.37. The molecule has 34 heavy (non-hydrogen) atoms. The number of nitrogens with one attached hydrogen (secondary N) is 1. The average Bonchev–Trinajstić information content (AvgIpc) is 3.42.